The molecule has 0 aliphatic rings. The van der Waals surface area contributed by atoms with Crippen LogP contribution in [0, 0.1) is 12.7 Å². The number of amides is 1. The van der Waals surface area contributed by atoms with E-state index in [4.69, 9.17) is 0 Å². The lowest BCUT2D eigenvalue weighted by atomic mass is 10.1. The van der Waals surface area contributed by atoms with Crippen LogP contribution >= 0.6 is 0 Å². The molecule has 4 nitrogen and oxygen atoms in total. The van der Waals surface area contributed by atoms with Crippen molar-refractivity contribution in [2.75, 3.05) is 5.32 Å². The molecule has 0 saturated heterocycles. The molecule has 3 aromatic carbocycles. The number of benzene rings is 3. The summed E-state index contributed by atoms with van der Waals surface area (Å²) in [6, 6.07) is 19.8. The van der Waals surface area contributed by atoms with Gasteiger partial charge in [-0.2, -0.15) is 18.3 Å². The molecule has 0 saturated carbocycles. The van der Waals surface area contributed by atoms with Gasteiger partial charge in [0.15, 0.2) is 0 Å². The fourth-order valence-corrected chi connectivity index (χ4v) is 3.17. The van der Waals surface area contributed by atoms with Crippen molar-refractivity contribution in [2.24, 2.45) is 0 Å². The number of para-hydroxylation sites is 1. The second kappa shape index (κ2) is 8.30. The summed E-state index contributed by atoms with van der Waals surface area (Å²) in [5, 5.41) is 7.11. The summed E-state index contributed by atoms with van der Waals surface area (Å²) >= 11 is 0. The summed E-state index contributed by atoms with van der Waals surface area (Å²) in [7, 11) is 0. The smallest absolute Gasteiger partial charge is 0.306 e. The molecule has 1 aromatic heterocycles. The Bertz CT molecular complexity index is 1260. The second-order valence-electron chi connectivity index (χ2n) is 7.21. The van der Waals surface area contributed by atoms with Crippen LogP contribution in [-0.2, 0) is 6.18 Å². The van der Waals surface area contributed by atoms with Crippen molar-refractivity contribution in [1.82, 2.24) is 9.78 Å². The molecule has 0 aliphatic carbocycles. The van der Waals surface area contributed by atoms with Gasteiger partial charge in [0.2, 0.25) is 0 Å². The Morgan fingerprint density at radius 3 is 2.28 bits per heavy atom. The summed E-state index contributed by atoms with van der Waals surface area (Å²) < 4.78 is 54.3. The van der Waals surface area contributed by atoms with Gasteiger partial charge in [-0.15, -0.1) is 0 Å². The highest BCUT2D eigenvalue weighted by molar-refractivity contribution is 6.04. The van der Waals surface area contributed by atoms with E-state index in [1.807, 2.05) is 37.3 Å². The Labute approximate surface area is 181 Å². The van der Waals surface area contributed by atoms with Crippen LogP contribution in [0.5, 0.6) is 0 Å². The van der Waals surface area contributed by atoms with E-state index < -0.39 is 29.0 Å². The van der Waals surface area contributed by atoms with Crippen LogP contribution < -0.4 is 5.32 Å². The topological polar surface area (TPSA) is 46.9 Å². The van der Waals surface area contributed by atoms with Crippen molar-refractivity contribution >= 4 is 11.7 Å². The lowest BCUT2D eigenvalue weighted by Gasteiger charge is -2.11. The van der Waals surface area contributed by atoms with Gasteiger partial charge in [-0.1, -0.05) is 48.0 Å². The monoisotopic (exact) mass is 439 g/mol. The van der Waals surface area contributed by atoms with Crippen molar-refractivity contribution in [3.8, 4) is 16.9 Å². The van der Waals surface area contributed by atoms with E-state index in [9.17, 15) is 22.4 Å². The van der Waals surface area contributed by atoms with Gasteiger partial charge in [0.05, 0.1) is 16.9 Å². The fraction of sp³-hybridized carbons (Fsp3) is 0.0833. The highest BCUT2D eigenvalue weighted by Gasteiger charge is 2.32. The molecule has 0 aliphatic heterocycles. The highest BCUT2D eigenvalue weighted by atomic mass is 19.4. The van der Waals surface area contributed by atoms with Crippen molar-refractivity contribution < 1.29 is 22.4 Å². The summed E-state index contributed by atoms with van der Waals surface area (Å²) in [6.07, 6.45) is -4.78. The molecule has 0 fully saturated rings. The third kappa shape index (κ3) is 4.54. The van der Waals surface area contributed by atoms with Crippen molar-refractivity contribution in [2.45, 2.75) is 13.1 Å². The first-order valence-electron chi connectivity index (χ1n) is 9.62. The number of aryl methyl sites for hydroxylation is 1. The van der Waals surface area contributed by atoms with Gasteiger partial charge >= 0.3 is 6.18 Å². The number of aromatic nitrogens is 2. The van der Waals surface area contributed by atoms with Gasteiger partial charge in [-0.25, -0.2) is 9.07 Å². The third-order valence-electron chi connectivity index (χ3n) is 4.79. The maximum atomic E-state index is 13.8. The largest absolute Gasteiger partial charge is 0.416 e. The zero-order valence-corrected chi connectivity index (χ0v) is 16.8. The minimum Gasteiger partial charge on any atom is -0.306 e. The Balaban J connectivity index is 1.74. The van der Waals surface area contributed by atoms with E-state index in [1.54, 1.807) is 30.3 Å². The summed E-state index contributed by atoms with van der Waals surface area (Å²) in [5.74, 6) is -1.81. The molecule has 4 aromatic rings. The van der Waals surface area contributed by atoms with Gasteiger partial charge in [-0.3, -0.25) is 4.79 Å². The number of nitrogens with zero attached hydrogens (tertiary/aromatic N) is 2. The molecule has 4 rings (SSSR count). The average molecular weight is 439 g/mol. The minimum atomic E-state index is -4.78. The molecule has 0 unspecified atom stereocenters. The van der Waals surface area contributed by atoms with Crippen LogP contribution in [0.15, 0.2) is 78.9 Å². The van der Waals surface area contributed by atoms with Crippen LogP contribution in [0.25, 0.3) is 16.9 Å². The molecule has 32 heavy (non-hydrogen) atoms. The van der Waals surface area contributed by atoms with Crippen LogP contribution in [0.4, 0.5) is 23.4 Å². The van der Waals surface area contributed by atoms with E-state index in [-0.39, 0.29) is 5.82 Å². The van der Waals surface area contributed by atoms with Gasteiger partial charge in [0.1, 0.15) is 11.6 Å². The number of halogens is 4. The zero-order chi connectivity index (χ0) is 22.9. The molecule has 0 radical (unpaired) electrons. The van der Waals surface area contributed by atoms with Crippen molar-refractivity contribution in [3.63, 3.8) is 0 Å². The molecule has 1 heterocycles. The standard InChI is InChI=1S/C24H17F4N3O/c1-15-7-9-16(10-8-15)21-14-22(31(30-21)20-5-3-2-4-6-20)29-23(32)17-11-18(24(26,27)28)13-19(25)12-17/h2-14H,1H3,(H,29,32). The maximum absolute atomic E-state index is 13.8. The molecule has 1 N–H and O–H groups in total. The number of hydrogen-bond donors (Lipinski definition) is 1. The van der Waals surface area contributed by atoms with Crippen LogP contribution in [0.1, 0.15) is 21.5 Å². The van der Waals surface area contributed by atoms with Gasteiger partial charge < -0.3 is 5.32 Å². The molecule has 0 bridgehead atoms. The Morgan fingerprint density at radius 2 is 1.62 bits per heavy atom. The number of hydrogen-bond acceptors (Lipinski definition) is 2. The second-order valence-corrected chi connectivity index (χ2v) is 7.21. The quantitative estimate of drug-likeness (QED) is 0.382. The number of alkyl halides is 3. The highest BCUT2D eigenvalue weighted by Crippen LogP contribution is 2.31. The maximum Gasteiger partial charge on any atom is 0.416 e. The molecule has 162 valence electrons. The number of carbonyl (C=O) groups excluding carboxylic acids is 1. The van der Waals surface area contributed by atoms with Crippen LogP contribution in [-0.4, -0.2) is 15.7 Å². The number of carbonyl (C=O) groups is 1. The molecule has 0 atom stereocenters. The molecule has 8 heteroatoms. The van der Waals surface area contributed by atoms with E-state index in [2.05, 4.69) is 10.4 Å². The Hall–Kier alpha value is -3.94. The SMILES string of the molecule is Cc1ccc(-c2cc(NC(=O)c3cc(F)cc(C(F)(F)F)c3)n(-c3ccccc3)n2)cc1. The predicted octanol–water partition coefficient (Wildman–Crippen LogP) is 6.26. The average Bonchev–Trinajstić information content (AvgIpc) is 3.17. The molecular weight excluding hydrogens is 422 g/mol. The minimum absolute atomic E-state index is 0.231. The lowest BCUT2D eigenvalue weighted by molar-refractivity contribution is -0.137. The van der Waals surface area contributed by atoms with Crippen molar-refractivity contribution in [1.29, 1.82) is 0 Å². The predicted molar refractivity (Wildman–Crippen MR) is 113 cm³/mol. The molecule has 1 amide bonds. The molecular formula is C24H17F4N3O. The first-order valence-corrected chi connectivity index (χ1v) is 9.62. The van der Waals surface area contributed by atoms with Gasteiger partial charge in [0, 0.05) is 17.2 Å². The van der Waals surface area contributed by atoms with E-state index >= 15 is 0 Å². The van der Waals surface area contributed by atoms with Crippen LogP contribution in [0.3, 0.4) is 0 Å². The Morgan fingerprint density at radius 1 is 0.938 bits per heavy atom. The number of anilines is 1. The number of nitrogens with one attached hydrogen (secondary N) is 1. The van der Waals surface area contributed by atoms with E-state index in [1.165, 1.54) is 4.68 Å². The summed E-state index contributed by atoms with van der Waals surface area (Å²) in [5.41, 5.74) is 1.37. The van der Waals surface area contributed by atoms with Crippen molar-refractivity contribution in [3.05, 3.63) is 101 Å². The normalized spacial score (nSPS) is 11.4. The van der Waals surface area contributed by atoms with E-state index in [0.29, 0.717) is 23.5 Å². The first kappa shape index (κ1) is 21.3. The summed E-state index contributed by atoms with van der Waals surface area (Å²) in [6.45, 7) is 1.95. The van der Waals surface area contributed by atoms with Gasteiger partial charge in [-0.05, 0) is 37.3 Å². The van der Waals surface area contributed by atoms with Crippen LogP contribution in [0.2, 0.25) is 0 Å². The van der Waals surface area contributed by atoms with Gasteiger partial charge in [0.25, 0.3) is 5.91 Å². The summed E-state index contributed by atoms with van der Waals surface area (Å²) in [4.78, 5) is 12.7. The van der Waals surface area contributed by atoms with E-state index in [0.717, 1.165) is 17.2 Å². The fourth-order valence-electron chi connectivity index (χ4n) is 3.17. The third-order valence-corrected chi connectivity index (χ3v) is 4.79. The first-order chi connectivity index (χ1) is 15.2. The lowest BCUT2D eigenvalue weighted by Crippen LogP contribution is -2.17. The molecule has 0 spiro atoms. The Kier molecular flexibility index (Phi) is 5.52. The number of rotatable bonds is 4. The zero-order valence-electron chi connectivity index (χ0n) is 16.8.